The number of aliphatic hydroxyl groups is 1. The summed E-state index contributed by atoms with van der Waals surface area (Å²) in [5.41, 5.74) is 2.26. The van der Waals surface area contributed by atoms with Crippen LogP contribution in [0, 0.1) is 0 Å². The van der Waals surface area contributed by atoms with E-state index >= 15 is 0 Å². The van der Waals surface area contributed by atoms with Gasteiger partial charge >= 0.3 is 0 Å². The number of benzene rings is 1. The summed E-state index contributed by atoms with van der Waals surface area (Å²) in [5.74, 6) is -0.0858. The highest BCUT2D eigenvalue weighted by molar-refractivity contribution is 7.14. The topological polar surface area (TPSA) is 49.3 Å². The zero-order valence-electron chi connectivity index (χ0n) is 11.8. The Morgan fingerprint density at radius 3 is 2.71 bits per heavy atom. The van der Waals surface area contributed by atoms with Crippen molar-refractivity contribution in [2.75, 3.05) is 6.61 Å². The standard InChI is InChI=1S/C17H19NO2S/c19-11-14(12-6-2-1-3-7-12)18-17(20)16-10-13-8-4-5-9-15(13)21-16/h1-3,6-7,10,14,19H,4-5,8-9,11H2,(H,18,20)/t14-/m1/s1. The van der Waals surface area contributed by atoms with Crippen LogP contribution >= 0.6 is 11.3 Å². The first-order valence-corrected chi connectivity index (χ1v) is 8.18. The average Bonchev–Trinajstić information content (AvgIpc) is 2.97. The fourth-order valence-electron chi connectivity index (χ4n) is 2.75. The number of nitrogens with one attached hydrogen (secondary N) is 1. The molecule has 0 saturated heterocycles. The molecule has 4 heteroatoms. The first-order valence-electron chi connectivity index (χ1n) is 7.36. The summed E-state index contributed by atoms with van der Waals surface area (Å²) in [6, 6.07) is 11.3. The molecule has 0 bridgehead atoms. The molecule has 0 unspecified atom stereocenters. The first-order chi connectivity index (χ1) is 10.3. The number of amides is 1. The zero-order valence-corrected chi connectivity index (χ0v) is 12.7. The molecule has 1 heterocycles. The molecule has 0 spiro atoms. The maximum absolute atomic E-state index is 12.4. The summed E-state index contributed by atoms with van der Waals surface area (Å²) in [6.07, 6.45) is 4.61. The number of fused-ring (bicyclic) bond motifs is 1. The average molecular weight is 301 g/mol. The van der Waals surface area contributed by atoms with Gasteiger partial charge in [0, 0.05) is 4.88 Å². The molecule has 2 N–H and O–H groups in total. The highest BCUT2D eigenvalue weighted by Gasteiger charge is 2.20. The van der Waals surface area contributed by atoms with Crippen LogP contribution in [-0.4, -0.2) is 17.6 Å². The van der Waals surface area contributed by atoms with Crippen molar-refractivity contribution in [3.8, 4) is 0 Å². The lowest BCUT2D eigenvalue weighted by Gasteiger charge is -2.16. The van der Waals surface area contributed by atoms with E-state index in [1.165, 1.54) is 23.3 Å². The zero-order chi connectivity index (χ0) is 14.7. The van der Waals surface area contributed by atoms with Crippen molar-refractivity contribution >= 4 is 17.2 Å². The number of aryl methyl sites for hydroxylation is 2. The molecule has 1 aromatic heterocycles. The van der Waals surface area contributed by atoms with E-state index in [-0.39, 0.29) is 18.6 Å². The smallest absolute Gasteiger partial charge is 0.261 e. The third-order valence-corrected chi connectivity index (χ3v) is 5.15. The summed E-state index contributed by atoms with van der Waals surface area (Å²) in [4.78, 5) is 14.5. The van der Waals surface area contributed by atoms with Gasteiger partial charge in [0.25, 0.3) is 5.91 Å². The van der Waals surface area contributed by atoms with Gasteiger partial charge in [0.1, 0.15) is 0 Å². The molecule has 0 fully saturated rings. The number of thiophene rings is 1. The first kappa shape index (κ1) is 14.3. The molecule has 1 aromatic carbocycles. The summed E-state index contributed by atoms with van der Waals surface area (Å²) in [5, 5.41) is 12.5. The van der Waals surface area contributed by atoms with Gasteiger partial charge in [-0.25, -0.2) is 0 Å². The van der Waals surface area contributed by atoms with Crippen LogP contribution in [0.3, 0.4) is 0 Å². The van der Waals surface area contributed by atoms with Crippen LogP contribution in [0.15, 0.2) is 36.4 Å². The molecule has 110 valence electrons. The number of hydrogen-bond acceptors (Lipinski definition) is 3. The van der Waals surface area contributed by atoms with Gasteiger partial charge in [0.2, 0.25) is 0 Å². The van der Waals surface area contributed by atoms with Crippen molar-refractivity contribution in [1.29, 1.82) is 0 Å². The Morgan fingerprint density at radius 2 is 2.00 bits per heavy atom. The second kappa shape index (κ2) is 6.41. The highest BCUT2D eigenvalue weighted by Crippen LogP contribution is 2.30. The normalized spacial score (nSPS) is 15.3. The minimum atomic E-state index is -0.349. The van der Waals surface area contributed by atoms with Crippen LogP contribution in [0.2, 0.25) is 0 Å². The van der Waals surface area contributed by atoms with Gasteiger partial charge in [-0.15, -0.1) is 11.3 Å². The van der Waals surface area contributed by atoms with Gasteiger partial charge in [-0.05, 0) is 42.9 Å². The molecular formula is C17H19NO2S. The van der Waals surface area contributed by atoms with Crippen molar-refractivity contribution < 1.29 is 9.90 Å². The van der Waals surface area contributed by atoms with E-state index in [2.05, 4.69) is 5.32 Å². The maximum Gasteiger partial charge on any atom is 0.261 e. The van der Waals surface area contributed by atoms with E-state index < -0.39 is 0 Å². The largest absolute Gasteiger partial charge is 0.394 e. The third kappa shape index (κ3) is 3.17. The Hall–Kier alpha value is -1.65. The molecular weight excluding hydrogens is 282 g/mol. The lowest BCUT2D eigenvalue weighted by atomic mass is 9.99. The van der Waals surface area contributed by atoms with Crippen molar-refractivity contribution in [3.05, 3.63) is 57.3 Å². The van der Waals surface area contributed by atoms with Crippen LogP contribution in [0.1, 0.15) is 44.6 Å². The predicted octanol–water partition coefficient (Wildman–Crippen LogP) is 3.09. The van der Waals surface area contributed by atoms with Crippen molar-refractivity contribution in [3.63, 3.8) is 0 Å². The van der Waals surface area contributed by atoms with Crippen LogP contribution in [0.25, 0.3) is 0 Å². The second-order valence-corrected chi connectivity index (χ2v) is 6.52. The van der Waals surface area contributed by atoms with E-state index in [1.54, 1.807) is 11.3 Å². The van der Waals surface area contributed by atoms with Crippen LogP contribution in [0.4, 0.5) is 0 Å². The van der Waals surface area contributed by atoms with Crippen molar-refractivity contribution in [2.24, 2.45) is 0 Å². The maximum atomic E-state index is 12.4. The summed E-state index contributed by atoms with van der Waals surface area (Å²) < 4.78 is 0. The number of carbonyl (C=O) groups is 1. The number of rotatable bonds is 4. The quantitative estimate of drug-likeness (QED) is 0.911. The van der Waals surface area contributed by atoms with E-state index in [9.17, 15) is 9.90 Å². The van der Waals surface area contributed by atoms with E-state index in [1.807, 2.05) is 36.4 Å². The lowest BCUT2D eigenvalue weighted by molar-refractivity contribution is 0.0920. The Bertz CT molecular complexity index is 597. The van der Waals surface area contributed by atoms with Crippen LogP contribution in [-0.2, 0) is 12.8 Å². The molecule has 0 radical (unpaired) electrons. The molecule has 1 atom stereocenters. The third-order valence-electron chi connectivity index (χ3n) is 3.91. The van der Waals surface area contributed by atoms with Crippen LogP contribution < -0.4 is 5.32 Å². The minimum Gasteiger partial charge on any atom is -0.394 e. The van der Waals surface area contributed by atoms with Gasteiger partial charge in [0.15, 0.2) is 0 Å². The fraction of sp³-hybridized carbons (Fsp3) is 0.353. The molecule has 0 saturated carbocycles. The molecule has 1 amide bonds. The Labute approximate surface area is 128 Å². The molecule has 2 aromatic rings. The monoisotopic (exact) mass is 301 g/mol. The van der Waals surface area contributed by atoms with Gasteiger partial charge < -0.3 is 10.4 Å². The summed E-state index contributed by atoms with van der Waals surface area (Å²) >= 11 is 1.60. The minimum absolute atomic E-state index is 0.0858. The van der Waals surface area contributed by atoms with Crippen LogP contribution in [0.5, 0.6) is 0 Å². The van der Waals surface area contributed by atoms with Gasteiger partial charge in [-0.1, -0.05) is 30.3 Å². The Morgan fingerprint density at radius 1 is 1.24 bits per heavy atom. The number of aliphatic hydroxyl groups excluding tert-OH is 1. The Balaban J connectivity index is 1.74. The second-order valence-electron chi connectivity index (χ2n) is 5.39. The molecule has 3 nitrogen and oxygen atoms in total. The summed E-state index contributed by atoms with van der Waals surface area (Å²) in [7, 11) is 0. The summed E-state index contributed by atoms with van der Waals surface area (Å²) in [6.45, 7) is -0.0964. The number of carbonyl (C=O) groups excluding carboxylic acids is 1. The van der Waals surface area contributed by atoms with E-state index in [4.69, 9.17) is 0 Å². The van der Waals surface area contributed by atoms with Crippen molar-refractivity contribution in [2.45, 2.75) is 31.7 Å². The lowest BCUT2D eigenvalue weighted by Crippen LogP contribution is -2.30. The molecule has 3 rings (SSSR count). The van der Waals surface area contributed by atoms with Gasteiger partial charge in [-0.2, -0.15) is 0 Å². The number of hydrogen-bond donors (Lipinski definition) is 2. The van der Waals surface area contributed by atoms with E-state index in [0.717, 1.165) is 23.3 Å². The van der Waals surface area contributed by atoms with Gasteiger partial charge in [0.05, 0.1) is 17.5 Å². The molecule has 1 aliphatic rings. The highest BCUT2D eigenvalue weighted by atomic mass is 32.1. The SMILES string of the molecule is O=C(N[C@H](CO)c1ccccc1)c1cc2c(s1)CCCC2. The predicted molar refractivity (Wildman–Crippen MR) is 84.7 cm³/mol. The Kier molecular flexibility index (Phi) is 4.36. The van der Waals surface area contributed by atoms with Crippen molar-refractivity contribution in [1.82, 2.24) is 5.32 Å². The fourth-order valence-corrected chi connectivity index (χ4v) is 3.91. The van der Waals surface area contributed by atoms with E-state index in [0.29, 0.717) is 0 Å². The molecule has 0 aliphatic heterocycles. The molecule has 21 heavy (non-hydrogen) atoms. The van der Waals surface area contributed by atoms with Gasteiger partial charge in [-0.3, -0.25) is 4.79 Å². The molecule has 1 aliphatic carbocycles.